The summed E-state index contributed by atoms with van der Waals surface area (Å²) >= 11 is 0. The molecule has 1 aliphatic rings. The summed E-state index contributed by atoms with van der Waals surface area (Å²) in [7, 11) is 3.12. The molecule has 1 amide bonds. The lowest BCUT2D eigenvalue weighted by atomic mass is 10.0. The van der Waals surface area contributed by atoms with Crippen molar-refractivity contribution in [1.29, 1.82) is 0 Å². The molecule has 1 aliphatic heterocycles. The highest BCUT2D eigenvalue weighted by molar-refractivity contribution is 5.77. The highest BCUT2D eigenvalue weighted by Crippen LogP contribution is 2.33. The summed E-state index contributed by atoms with van der Waals surface area (Å²) in [5.41, 5.74) is -2.01. The first-order valence-corrected chi connectivity index (χ1v) is 8.57. The molecule has 1 heterocycles. The van der Waals surface area contributed by atoms with Gasteiger partial charge in [-0.05, 0) is 24.6 Å². The summed E-state index contributed by atoms with van der Waals surface area (Å²) in [4.78, 5) is 15.6. The predicted octanol–water partition coefficient (Wildman–Crippen LogP) is 2.05. The fourth-order valence-electron chi connectivity index (χ4n) is 2.90. The number of alkyl halides is 3. The molecule has 0 aliphatic carbocycles. The van der Waals surface area contributed by atoms with Crippen molar-refractivity contribution < 1.29 is 32.5 Å². The number of ether oxygens (including phenoxy) is 2. The Balaban J connectivity index is 1.89. The summed E-state index contributed by atoms with van der Waals surface area (Å²) in [6.45, 7) is 2.96. The van der Waals surface area contributed by atoms with Crippen LogP contribution in [0.15, 0.2) is 18.2 Å². The lowest BCUT2D eigenvalue weighted by Gasteiger charge is -2.36. The number of carbonyl (C=O) groups excluding carboxylic acids is 1. The third-order valence-electron chi connectivity index (χ3n) is 4.69. The molecule has 0 spiro atoms. The molecule has 1 fully saturated rings. The van der Waals surface area contributed by atoms with Crippen LogP contribution in [0, 0.1) is 0 Å². The number of halogens is 3. The number of benzene rings is 1. The van der Waals surface area contributed by atoms with Crippen molar-refractivity contribution in [3.8, 4) is 11.5 Å². The molecule has 1 atom stereocenters. The number of methoxy groups -OCH3 is 2. The van der Waals surface area contributed by atoms with E-state index in [0.717, 1.165) is 5.56 Å². The van der Waals surface area contributed by atoms with Crippen LogP contribution in [0.5, 0.6) is 11.5 Å². The second kappa shape index (κ2) is 8.35. The van der Waals surface area contributed by atoms with Gasteiger partial charge in [-0.1, -0.05) is 6.07 Å². The summed E-state index contributed by atoms with van der Waals surface area (Å²) < 4.78 is 48.7. The van der Waals surface area contributed by atoms with Crippen molar-refractivity contribution in [2.45, 2.75) is 31.7 Å². The highest BCUT2D eigenvalue weighted by atomic mass is 19.4. The molecule has 0 radical (unpaired) electrons. The molecular formula is C18H25F3N2O4. The molecule has 1 saturated heterocycles. The third-order valence-corrected chi connectivity index (χ3v) is 4.69. The Morgan fingerprint density at radius 2 is 1.70 bits per heavy atom. The molecule has 9 heteroatoms. The van der Waals surface area contributed by atoms with E-state index in [4.69, 9.17) is 9.47 Å². The lowest BCUT2D eigenvalue weighted by molar-refractivity contribution is -0.254. The maximum absolute atomic E-state index is 12.7. The number of amides is 1. The van der Waals surface area contributed by atoms with Gasteiger partial charge in [0, 0.05) is 32.7 Å². The van der Waals surface area contributed by atoms with Gasteiger partial charge in [-0.15, -0.1) is 0 Å². The molecule has 152 valence electrons. The Bertz CT molecular complexity index is 656. The van der Waals surface area contributed by atoms with E-state index in [2.05, 4.69) is 4.90 Å². The molecule has 6 nitrogen and oxygen atoms in total. The van der Waals surface area contributed by atoms with E-state index in [1.54, 1.807) is 14.2 Å². The average molecular weight is 390 g/mol. The monoisotopic (exact) mass is 390 g/mol. The summed E-state index contributed by atoms with van der Waals surface area (Å²) in [6.07, 6.45) is -5.80. The van der Waals surface area contributed by atoms with Crippen LogP contribution in [0.4, 0.5) is 13.2 Å². The largest absolute Gasteiger partial charge is 0.493 e. The van der Waals surface area contributed by atoms with Crippen molar-refractivity contribution in [2.75, 3.05) is 40.4 Å². The minimum Gasteiger partial charge on any atom is -0.493 e. The quantitative estimate of drug-likeness (QED) is 0.806. The molecule has 27 heavy (non-hydrogen) atoms. The number of hydrogen-bond donors (Lipinski definition) is 1. The SMILES string of the molecule is COc1ccc(CN2CCN(C(=O)C[C@](C)(O)C(F)(F)F)CC2)cc1OC. The van der Waals surface area contributed by atoms with Gasteiger partial charge >= 0.3 is 6.18 Å². The highest BCUT2D eigenvalue weighted by Gasteiger charge is 2.51. The summed E-state index contributed by atoms with van der Waals surface area (Å²) in [5, 5.41) is 9.49. The first-order valence-electron chi connectivity index (χ1n) is 8.57. The van der Waals surface area contributed by atoms with E-state index in [-0.39, 0.29) is 0 Å². The number of aliphatic hydroxyl groups is 1. The van der Waals surface area contributed by atoms with Gasteiger partial charge in [0.1, 0.15) is 0 Å². The number of carbonyl (C=O) groups is 1. The van der Waals surface area contributed by atoms with Crippen molar-refractivity contribution in [3.05, 3.63) is 23.8 Å². The minimum absolute atomic E-state index is 0.320. The van der Waals surface area contributed by atoms with E-state index in [1.807, 2.05) is 18.2 Å². The Morgan fingerprint density at radius 1 is 1.11 bits per heavy atom. The molecule has 1 N–H and O–H groups in total. The van der Waals surface area contributed by atoms with E-state index in [0.29, 0.717) is 51.1 Å². The fourth-order valence-corrected chi connectivity index (χ4v) is 2.90. The molecule has 0 unspecified atom stereocenters. The molecule has 0 aromatic heterocycles. The Morgan fingerprint density at radius 3 is 2.22 bits per heavy atom. The molecular weight excluding hydrogens is 365 g/mol. The Kier molecular flexibility index (Phi) is 6.59. The topological polar surface area (TPSA) is 62.2 Å². The zero-order valence-corrected chi connectivity index (χ0v) is 15.7. The summed E-state index contributed by atoms with van der Waals surface area (Å²) in [6, 6.07) is 5.60. The van der Waals surface area contributed by atoms with Crippen LogP contribution in [-0.2, 0) is 11.3 Å². The van der Waals surface area contributed by atoms with E-state index in [9.17, 15) is 23.1 Å². The number of nitrogens with zero attached hydrogens (tertiary/aromatic N) is 2. The van der Waals surface area contributed by atoms with Crippen LogP contribution < -0.4 is 9.47 Å². The Hall–Kier alpha value is -2.00. The fraction of sp³-hybridized carbons (Fsp3) is 0.611. The van der Waals surface area contributed by atoms with Gasteiger partial charge in [0.2, 0.25) is 5.91 Å². The van der Waals surface area contributed by atoms with Gasteiger partial charge in [0.25, 0.3) is 0 Å². The second-order valence-corrected chi connectivity index (χ2v) is 6.79. The van der Waals surface area contributed by atoms with E-state index < -0.39 is 24.1 Å². The van der Waals surface area contributed by atoms with Crippen molar-refractivity contribution in [2.24, 2.45) is 0 Å². The molecule has 0 saturated carbocycles. The van der Waals surface area contributed by atoms with Crippen molar-refractivity contribution in [1.82, 2.24) is 9.80 Å². The van der Waals surface area contributed by atoms with Crippen molar-refractivity contribution >= 4 is 5.91 Å². The van der Waals surface area contributed by atoms with Crippen LogP contribution in [0.25, 0.3) is 0 Å². The molecule has 1 aromatic rings. The van der Waals surface area contributed by atoms with Crippen molar-refractivity contribution in [3.63, 3.8) is 0 Å². The number of rotatable bonds is 6. The predicted molar refractivity (Wildman–Crippen MR) is 92.7 cm³/mol. The smallest absolute Gasteiger partial charge is 0.417 e. The minimum atomic E-state index is -4.84. The van der Waals surface area contributed by atoms with E-state index in [1.165, 1.54) is 4.90 Å². The van der Waals surface area contributed by atoms with Crippen LogP contribution in [0.1, 0.15) is 18.9 Å². The van der Waals surface area contributed by atoms with Crippen LogP contribution >= 0.6 is 0 Å². The molecule has 0 bridgehead atoms. The van der Waals surface area contributed by atoms with E-state index >= 15 is 0 Å². The van der Waals surface area contributed by atoms with Crippen LogP contribution in [0.3, 0.4) is 0 Å². The van der Waals surface area contributed by atoms with Gasteiger partial charge in [0.05, 0.1) is 20.6 Å². The zero-order valence-electron chi connectivity index (χ0n) is 15.7. The Labute approximate surface area is 156 Å². The number of piperazine rings is 1. The second-order valence-electron chi connectivity index (χ2n) is 6.79. The molecule has 2 rings (SSSR count). The van der Waals surface area contributed by atoms with Gasteiger partial charge in [-0.2, -0.15) is 13.2 Å². The van der Waals surface area contributed by atoms with Gasteiger partial charge in [-0.25, -0.2) is 0 Å². The summed E-state index contributed by atoms with van der Waals surface area (Å²) in [5.74, 6) is 0.565. The van der Waals surface area contributed by atoms with Crippen LogP contribution in [0.2, 0.25) is 0 Å². The zero-order chi connectivity index (χ0) is 20.2. The molecule has 1 aromatic carbocycles. The van der Waals surface area contributed by atoms with Crippen LogP contribution in [-0.4, -0.2) is 73.0 Å². The number of hydrogen-bond acceptors (Lipinski definition) is 5. The van der Waals surface area contributed by atoms with Gasteiger partial charge < -0.3 is 19.5 Å². The standard InChI is InChI=1S/C18H25F3N2O4/c1-17(25,18(19,20)21)11-16(24)23-8-6-22(7-9-23)12-13-4-5-14(26-2)15(10-13)27-3/h4-5,10,25H,6-9,11-12H2,1-3H3/t17-/m0/s1. The maximum atomic E-state index is 12.7. The van der Waals surface area contributed by atoms with Gasteiger partial charge in [0.15, 0.2) is 17.1 Å². The first kappa shape index (κ1) is 21.3. The average Bonchev–Trinajstić information content (AvgIpc) is 2.60. The third kappa shape index (κ3) is 5.26. The normalized spacial score (nSPS) is 18.1. The maximum Gasteiger partial charge on any atom is 0.417 e. The van der Waals surface area contributed by atoms with Gasteiger partial charge in [-0.3, -0.25) is 9.69 Å². The first-order chi connectivity index (χ1) is 12.6. The lowest BCUT2D eigenvalue weighted by Crippen LogP contribution is -2.52.